The van der Waals surface area contributed by atoms with E-state index in [2.05, 4.69) is 20.5 Å². The number of aliphatic hydroxyl groups excluding tert-OH is 1. The van der Waals surface area contributed by atoms with Crippen molar-refractivity contribution in [2.45, 2.75) is 51.8 Å². The molecule has 10 heteroatoms. The molecule has 4 aromatic rings. The number of rotatable bonds is 5. The topological polar surface area (TPSA) is 119 Å². The summed E-state index contributed by atoms with van der Waals surface area (Å²) in [7, 11) is 0. The average molecular weight is 447 g/mol. The van der Waals surface area contributed by atoms with Gasteiger partial charge in [0.05, 0.1) is 23.9 Å². The summed E-state index contributed by atoms with van der Waals surface area (Å²) in [6.45, 7) is 3.72. The molecular formula is C23H25N7O3. The van der Waals surface area contributed by atoms with Crippen LogP contribution in [0.5, 0.6) is 0 Å². The number of carbonyl (C=O) groups is 1. The van der Waals surface area contributed by atoms with Crippen LogP contribution in [0.4, 0.5) is 5.69 Å². The molecule has 5 rings (SSSR count). The Morgan fingerprint density at radius 3 is 2.73 bits per heavy atom. The molecule has 2 N–H and O–H groups in total. The fourth-order valence-electron chi connectivity index (χ4n) is 4.26. The van der Waals surface area contributed by atoms with Crippen molar-refractivity contribution in [2.24, 2.45) is 0 Å². The third kappa shape index (κ3) is 4.05. The molecule has 3 aromatic heterocycles. The lowest BCUT2D eigenvalue weighted by Crippen LogP contribution is -2.25. The Bertz CT molecular complexity index is 1380. The van der Waals surface area contributed by atoms with Gasteiger partial charge in [0.15, 0.2) is 5.82 Å². The van der Waals surface area contributed by atoms with Crippen LogP contribution in [0.1, 0.15) is 36.6 Å². The highest BCUT2D eigenvalue weighted by atomic mass is 16.3. The first-order valence-electron chi connectivity index (χ1n) is 11.0. The smallest absolute Gasteiger partial charge is 0.275 e. The number of benzene rings is 1. The number of fused-ring (bicyclic) bond motifs is 1. The molecule has 1 amide bonds. The summed E-state index contributed by atoms with van der Waals surface area (Å²) in [4.78, 5) is 29.8. The molecular weight excluding hydrogens is 422 g/mol. The van der Waals surface area contributed by atoms with E-state index in [0.29, 0.717) is 22.8 Å². The molecule has 10 nitrogen and oxygen atoms in total. The second-order valence-electron chi connectivity index (χ2n) is 8.55. The number of amides is 1. The number of hydrogen-bond acceptors (Lipinski definition) is 6. The minimum atomic E-state index is -0.420. The van der Waals surface area contributed by atoms with Crippen LogP contribution in [0, 0.1) is 13.8 Å². The van der Waals surface area contributed by atoms with Crippen LogP contribution in [-0.2, 0) is 11.3 Å². The van der Waals surface area contributed by atoms with Crippen molar-refractivity contribution >= 4 is 17.4 Å². The lowest BCUT2D eigenvalue weighted by molar-refractivity contribution is -0.116. The largest absolute Gasteiger partial charge is 0.391 e. The summed E-state index contributed by atoms with van der Waals surface area (Å²) in [5, 5.41) is 21.8. The molecule has 0 radical (unpaired) electrons. The highest BCUT2D eigenvalue weighted by Crippen LogP contribution is 2.30. The van der Waals surface area contributed by atoms with Crippen LogP contribution in [0.25, 0.3) is 17.2 Å². The first kappa shape index (κ1) is 21.1. The number of hydrogen-bond donors (Lipinski definition) is 2. The Morgan fingerprint density at radius 1 is 1.21 bits per heavy atom. The Balaban J connectivity index is 1.45. The molecule has 1 aliphatic rings. The molecule has 0 bridgehead atoms. The number of nitrogens with zero attached hydrogens (tertiary/aromatic N) is 6. The molecule has 0 saturated heterocycles. The van der Waals surface area contributed by atoms with Crippen molar-refractivity contribution in [3.63, 3.8) is 0 Å². The van der Waals surface area contributed by atoms with E-state index < -0.39 is 6.10 Å². The van der Waals surface area contributed by atoms with Crippen molar-refractivity contribution < 1.29 is 9.90 Å². The van der Waals surface area contributed by atoms with E-state index in [0.717, 1.165) is 24.8 Å². The highest BCUT2D eigenvalue weighted by molar-refractivity contribution is 5.90. The van der Waals surface area contributed by atoms with Crippen molar-refractivity contribution in [3.8, 4) is 11.4 Å². The number of aromatic nitrogens is 6. The van der Waals surface area contributed by atoms with Gasteiger partial charge in [-0.15, -0.1) is 5.10 Å². The summed E-state index contributed by atoms with van der Waals surface area (Å²) in [5.74, 6) is 0.381. The van der Waals surface area contributed by atoms with Gasteiger partial charge in [-0.05, 0) is 45.2 Å². The SMILES string of the molecule is Cc1ccc(NC(=O)Cn2c(C)cc(=O)n3nc(-c4cnn(C5CCCC5O)c4)nc23)cc1. The summed E-state index contributed by atoms with van der Waals surface area (Å²) in [6, 6.07) is 8.90. The Hall–Kier alpha value is -3.79. The number of aliphatic hydroxyl groups is 1. The van der Waals surface area contributed by atoms with E-state index in [1.165, 1.54) is 10.6 Å². The van der Waals surface area contributed by atoms with Crippen LogP contribution in [0.15, 0.2) is 47.5 Å². The van der Waals surface area contributed by atoms with Gasteiger partial charge in [-0.3, -0.25) is 14.3 Å². The summed E-state index contributed by atoms with van der Waals surface area (Å²) in [5.41, 5.74) is 2.73. The average Bonchev–Trinajstić information content (AvgIpc) is 3.51. The molecule has 2 atom stereocenters. The lowest BCUT2D eigenvalue weighted by Gasteiger charge is -2.14. The maximum Gasteiger partial charge on any atom is 0.275 e. The quantitative estimate of drug-likeness (QED) is 0.484. The zero-order valence-electron chi connectivity index (χ0n) is 18.5. The van der Waals surface area contributed by atoms with E-state index in [-0.39, 0.29) is 29.8 Å². The van der Waals surface area contributed by atoms with Gasteiger partial charge < -0.3 is 15.0 Å². The van der Waals surface area contributed by atoms with Crippen LogP contribution >= 0.6 is 0 Å². The Morgan fingerprint density at radius 2 is 2.00 bits per heavy atom. The van der Waals surface area contributed by atoms with Crippen molar-refractivity contribution in [2.75, 3.05) is 5.32 Å². The fourth-order valence-corrected chi connectivity index (χ4v) is 4.26. The van der Waals surface area contributed by atoms with Gasteiger partial charge in [-0.2, -0.15) is 14.6 Å². The van der Waals surface area contributed by atoms with E-state index in [9.17, 15) is 14.7 Å². The first-order valence-corrected chi connectivity index (χ1v) is 11.0. The van der Waals surface area contributed by atoms with Gasteiger partial charge >= 0.3 is 0 Å². The molecule has 0 aliphatic heterocycles. The predicted octanol–water partition coefficient (Wildman–Crippen LogP) is 2.10. The van der Waals surface area contributed by atoms with Crippen LogP contribution in [0.3, 0.4) is 0 Å². The van der Waals surface area contributed by atoms with Crippen LogP contribution < -0.4 is 10.9 Å². The van der Waals surface area contributed by atoms with Gasteiger partial charge in [0.2, 0.25) is 11.7 Å². The van der Waals surface area contributed by atoms with Crippen molar-refractivity contribution in [3.05, 3.63) is 64.3 Å². The standard InChI is InChI=1S/C23H25N7O3/c1-14-6-8-17(9-7-14)25-20(32)13-28-15(2)10-21(33)30-23(28)26-22(27-30)16-11-24-29(12-16)18-4-3-5-19(18)31/h6-12,18-19,31H,3-5,13H2,1-2H3,(H,25,32). The molecule has 1 aliphatic carbocycles. The number of anilines is 1. The van der Waals surface area contributed by atoms with Crippen LogP contribution in [0.2, 0.25) is 0 Å². The lowest BCUT2D eigenvalue weighted by atomic mass is 10.2. The van der Waals surface area contributed by atoms with E-state index in [4.69, 9.17) is 0 Å². The molecule has 1 aromatic carbocycles. The minimum Gasteiger partial charge on any atom is -0.391 e. The summed E-state index contributed by atoms with van der Waals surface area (Å²) >= 11 is 0. The molecule has 1 fully saturated rings. The fraction of sp³-hybridized carbons (Fsp3) is 0.348. The molecule has 1 saturated carbocycles. The van der Waals surface area contributed by atoms with E-state index in [1.807, 2.05) is 31.2 Å². The Kier molecular flexibility index (Phi) is 5.29. The third-order valence-electron chi connectivity index (χ3n) is 6.08. The molecule has 170 valence electrons. The number of carbonyl (C=O) groups excluding carboxylic acids is 1. The molecule has 0 spiro atoms. The van der Waals surface area contributed by atoms with Crippen LogP contribution in [-0.4, -0.2) is 46.1 Å². The van der Waals surface area contributed by atoms with Gasteiger partial charge in [0, 0.05) is 23.6 Å². The second kappa shape index (κ2) is 8.28. The van der Waals surface area contributed by atoms with Crippen molar-refractivity contribution in [1.82, 2.24) is 28.9 Å². The predicted molar refractivity (Wildman–Crippen MR) is 122 cm³/mol. The zero-order chi connectivity index (χ0) is 23.1. The Labute approximate surface area is 189 Å². The normalized spacial score (nSPS) is 18.2. The summed E-state index contributed by atoms with van der Waals surface area (Å²) in [6.07, 6.45) is 5.58. The maximum absolute atomic E-state index is 12.7. The summed E-state index contributed by atoms with van der Waals surface area (Å²) < 4.78 is 4.60. The monoisotopic (exact) mass is 447 g/mol. The van der Waals surface area contributed by atoms with E-state index >= 15 is 0 Å². The molecule has 33 heavy (non-hydrogen) atoms. The number of aryl methyl sites for hydroxylation is 2. The molecule has 2 unspecified atom stereocenters. The maximum atomic E-state index is 12.7. The molecule has 3 heterocycles. The first-order chi connectivity index (χ1) is 15.9. The minimum absolute atomic E-state index is 0.0187. The second-order valence-corrected chi connectivity index (χ2v) is 8.55. The third-order valence-corrected chi connectivity index (χ3v) is 6.08. The van der Waals surface area contributed by atoms with Crippen molar-refractivity contribution in [1.29, 1.82) is 0 Å². The van der Waals surface area contributed by atoms with Gasteiger partial charge in [-0.1, -0.05) is 17.7 Å². The number of nitrogens with one attached hydrogen (secondary N) is 1. The van der Waals surface area contributed by atoms with E-state index in [1.54, 1.807) is 28.6 Å². The zero-order valence-corrected chi connectivity index (χ0v) is 18.5. The van der Waals surface area contributed by atoms with Gasteiger partial charge in [-0.25, -0.2) is 0 Å². The highest BCUT2D eigenvalue weighted by Gasteiger charge is 2.28. The van der Waals surface area contributed by atoms with Gasteiger partial charge in [0.1, 0.15) is 6.54 Å². The van der Waals surface area contributed by atoms with Gasteiger partial charge in [0.25, 0.3) is 5.56 Å².